The van der Waals surface area contributed by atoms with Crippen LogP contribution in [0.25, 0.3) is 0 Å². The molecule has 0 aromatic carbocycles. The minimum absolute atomic E-state index is 0.190. The van der Waals surface area contributed by atoms with Crippen LogP contribution >= 0.6 is 0 Å². The maximum absolute atomic E-state index is 13.0. The van der Waals surface area contributed by atoms with Gasteiger partial charge in [0.2, 0.25) is 10.0 Å². The predicted octanol–water partition coefficient (Wildman–Crippen LogP) is 0.648. The average Bonchev–Trinajstić information content (AvgIpc) is 3.49. The molecule has 2 saturated heterocycles. The lowest BCUT2D eigenvalue weighted by atomic mass is 10.0. The Labute approximate surface area is 149 Å². The Morgan fingerprint density at radius 1 is 1.16 bits per heavy atom. The van der Waals surface area contributed by atoms with Gasteiger partial charge in [-0.1, -0.05) is 6.07 Å². The molecular formula is C17H25N3O4S. The smallest absolute Gasteiger partial charge is 0.217 e. The van der Waals surface area contributed by atoms with Crippen LogP contribution in [0.5, 0.6) is 0 Å². The van der Waals surface area contributed by atoms with Crippen molar-refractivity contribution in [1.29, 1.82) is 0 Å². The van der Waals surface area contributed by atoms with Crippen molar-refractivity contribution >= 4 is 10.0 Å². The average molecular weight is 367 g/mol. The molecule has 0 radical (unpaired) electrons. The standard InChI is InChI=1S/C17H25N3O4S/c21-25(22,15-3-4-15)20-8-11-24-16(13-19-6-9-23-10-7-19)17(20)14-2-1-5-18-12-14/h1-2,5,12,15-17H,3-4,6-11,13H2/t16-,17-/m0/s1. The van der Waals surface area contributed by atoms with Crippen LogP contribution in [-0.2, 0) is 19.5 Å². The quantitative estimate of drug-likeness (QED) is 0.761. The summed E-state index contributed by atoms with van der Waals surface area (Å²) in [4.78, 5) is 6.50. The molecule has 0 amide bonds. The maximum atomic E-state index is 13.0. The van der Waals surface area contributed by atoms with Crippen LogP contribution in [0.4, 0.5) is 0 Å². The van der Waals surface area contributed by atoms with Gasteiger partial charge in [-0.25, -0.2) is 8.42 Å². The fraction of sp³-hybridized carbons (Fsp3) is 0.706. The van der Waals surface area contributed by atoms with Gasteiger partial charge in [-0.15, -0.1) is 0 Å². The van der Waals surface area contributed by atoms with Crippen LogP contribution in [0.2, 0.25) is 0 Å². The van der Waals surface area contributed by atoms with Crippen molar-refractivity contribution in [3.63, 3.8) is 0 Å². The second-order valence-corrected chi connectivity index (χ2v) is 9.07. The van der Waals surface area contributed by atoms with E-state index in [0.29, 0.717) is 32.9 Å². The van der Waals surface area contributed by atoms with Gasteiger partial charge in [-0.2, -0.15) is 4.31 Å². The van der Waals surface area contributed by atoms with Gasteiger partial charge < -0.3 is 9.47 Å². The Bertz CT molecular complexity index is 674. The van der Waals surface area contributed by atoms with Crippen LogP contribution in [-0.4, -0.2) is 80.0 Å². The van der Waals surface area contributed by atoms with E-state index >= 15 is 0 Å². The number of rotatable bonds is 5. The van der Waals surface area contributed by atoms with Gasteiger partial charge >= 0.3 is 0 Å². The second kappa shape index (κ2) is 7.28. The summed E-state index contributed by atoms with van der Waals surface area (Å²) in [7, 11) is -3.28. The van der Waals surface area contributed by atoms with E-state index in [1.165, 1.54) is 0 Å². The van der Waals surface area contributed by atoms with Gasteiger partial charge in [0.05, 0.1) is 37.2 Å². The van der Waals surface area contributed by atoms with E-state index in [4.69, 9.17) is 9.47 Å². The summed E-state index contributed by atoms with van der Waals surface area (Å²) in [6.07, 6.45) is 4.83. The summed E-state index contributed by atoms with van der Waals surface area (Å²) in [5, 5.41) is -0.214. The number of hydrogen-bond donors (Lipinski definition) is 0. The molecule has 0 N–H and O–H groups in total. The molecule has 3 heterocycles. The molecule has 0 bridgehead atoms. The van der Waals surface area contributed by atoms with Gasteiger partial charge in [-0.05, 0) is 24.5 Å². The van der Waals surface area contributed by atoms with Crippen molar-refractivity contribution < 1.29 is 17.9 Å². The van der Waals surface area contributed by atoms with Crippen molar-refractivity contribution in [2.45, 2.75) is 30.2 Å². The van der Waals surface area contributed by atoms with Crippen molar-refractivity contribution in [2.24, 2.45) is 0 Å². The molecule has 1 aromatic heterocycles. The number of sulfonamides is 1. The first-order valence-electron chi connectivity index (χ1n) is 8.98. The minimum Gasteiger partial charge on any atom is -0.379 e. The molecular weight excluding hydrogens is 342 g/mol. The topological polar surface area (TPSA) is 72.0 Å². The maximum Gasteiger partial charge on any atom is 0.217 e. The highest BCUT2D eigenvalue weighted by Gasteiger charge is 2.47. The summed E-state index contributed by atoms with van der Waals surface area (Å²) in [6.45, 7) is 4.71. The Kier molecular flexibility index (Phi) is 5.06. The fourth-order valence-electron chi connectivity index (χ4n) is 3.68. The number of hydrogen-bond acceptors (Lipinski definition) is 6. The van der Waals surface area contributed by atoms with Crippen LogP contribution in [0.15, 0.2) is 24.5 Å². The third-order valence-corrected chi connectivity index (χ3v) is 7.52. The largest absolute Gasteiger partial charge is 0.379 e. The third kappa shape index (κ3) is 3.73. The predicted molar refractivity (Wildman–Crippen MR) is 92.6 cm³/mol. The van der Waals surface area contributed by atoms with Gasteiger partial charge in [0.15, 0.2) is 0 Å². The summed E-state index contributed by atoms with van der Waals surface area (Å²) in [6, 6.07) is 3.50. The van der Waals surface area contributed by atoms with Crippen LogP contribution < -0.4 is 0 Å². The molecule has 0 spiro atoms. The van der Waals surface area contributed by atoms with E-state index in [0.717, 1.165) is 31.5 Å². The second-order valence-electron chi connectivity index (χ2n) is 6.91. The van der Waals surface area contributed by atoms with Crippen LogP contribution in [0.1, 0.15) is 24.4 Å². The summed E-state index contributed by atoms with van der Waals surface area (Å²) in [5.41, 5.74) is 0.907. The lowest BCUT2D eigenvalue weighted by Crippen LogP contribution is -2.53. The normalized spacial score (nSPS) is 29.6. The highest BCUT2D eigenvalue weighted by molar-refractivity contribution is 7.90. The van der Waals surface area contributed by atoms with Crippen LogP contribution in [0, 0.1) is 0 Å². The number of ether oxygens (including phenoxy) is 2. The Balaban J connectivity index is 1.62. The Morgan fingerprint density at radius 2 is 1.96 bits per heavy atom. The van der Waals surface area contributed by atoms with E-state index in [-0.39, 0.29) is 17.4 Å². The molecule has 1 aromatic rings. The summed E-state index contributed by atoms with van der Waals surface area (Å²) >= 11 is 0. The number of morpholine rings is 2. The SMILES string of the molecule is O=S(=O)(C1CC1)N1CCO[C@@H](CN2CCOCC2)[C@@H]1c1cccnc1. The van der Waals surface area contributed by atoms with Gasteiger partial charge in [0, 0.05) is 38.6 Å². The first-order chi connectivity index (χ1) is 12.2. The molecule has 1 saturated carbocycles. The number of nitrogens with zero attached hydrogens (tertiary/aromatic N) is 3. The van der Waals surface area contributed by atoms with Gasteiger partial charge in [0.1, 0.15) is 0 Å². The Hall–Kier alpha value is -1.06. The molecule has 8 heteroatoms. The van der Waals surface area contributed by atoms with E-state index in [9.17, 15) is 8.42 Å². The summed E-state index contributed by atoms with van der Waals surface area (Å²) < 4.78 is 39.1. The molecule has 4 rings (SSSR count). The highest BCUT2D eigenvalue weighted by atomic mass is 32.2. The molecule has 3 aliphatic rings. The zero-order valence-corrected chi connectivity index (χ0v) is 15.1. The van der Waals surface area contributed by atoms with E-state index < -0.39 is 10.0 Å². The molecule has 1 aliphatic carbocycles. The van der Waals surface area contributed by atoms with Crippen molar-refractivity contribution in [2.75, 3.05) is 46.0 Å². The van der Waals surface area contributed by atoms with Gasteiger partial charge in [-0.3, -0.25) is 9.88 Å². The molecule has 2 aliphatic heterocycles. The zero-order valence-electron chi connectivity index (χ0n) is 14.3. The molecule has 2 atom stereocenters. The zero-order chi connectivity index (χ0) is 17.3. The van der Waals surface area contributed by atoms with E-state index in [1.807, 2.05) is 12.1 Å². The first kappa shape index (κ1) is 17.4. The van der Waals surface area contributed by atoms with Crippen molar-refractivity contribution in [1.82, 2.24) is 14.2 Å². The Morgan fingerprint density at radius 3 is 2.64 bits per heavy atom. The number of pyridine rings is 1. The molecule has 7 nitrogen and oxygen atoms in total. The minimum atomic E-state index is -3.28. The monoisotopic (exact) mass is 367 g/mol. The first-order valence-corrected chi connectivity index (χ1v) is 10.5. The lowest BCUT2D eigenvalue weighted by molar-refractivity contribution is -0.0691. The highest BCUT2D eigenvalue weighted by Crippen LogP contribution is 2.39. The van der Waals surface area contributed by atoms with Crippen molar-refractivity contribution in [3.8, 4) is 0 Å². The number of aromatic nitrogens is 1. The third-order valence-electron chi connectivity index (χ3n) is 5.15. The van der Waals surface area contributed by atoms with Gasteiger partial charge in [0.25, 0.3) is 0 Å². The van der Waals surface area contributed by atoms with Crippen LogP contribution in [0.3, 0.4) is 0 Å². The van der Waals surface area contributed by atoms with E-state index in [2.05, 4.69) is 9.88 Å². The molecule has 138 valence electrons. The van der Waals surface area contributed by atoms with Crippen molar-refractivity contribution in [3.05, 3.63) is 30.1 Å². The van der Waals surface area contributed by atoms with E-state index in [1.54, 1.807) is 16.7 Å². The molecule has 0 unspecified atom stereocenters. The lowest BCUT2D eigenvalue weighted by Gasteiger charge is -2.42. The fourth-order valence-corrected chi connectivity index (χ4v) is 5.69. The molecule has 25 heavy (non-hydrogen) atoms. The molecule has 3 fully saturated rings. The summed E-state index contributed by atoms with van der Waals surface area (Å²) in [5.74, 6) is 0.